The van der Waals surface area contributed by atoms with E-state index in [1.165, 1.54) is 19.3 Å². The lowest BCUT2D eigenvalue weighted by Gasteiger charge is -2.36. The van der Waals surface area contributed by atoms with Gasteiger partial charge in [0.05, 0.1) is 11.4 Å². The Morgan fingerprint density at radius 3 is 2.58 bits per heavy atom. The Hall–Kier alpha value is -2.49. The number of hydrogen-bond acceptors (Lipinski definition) is 3. The van der Waals surface area contributed by atoms with Gasteiger partial charge < -0.3 is 16.0 Å². The van der Waals surface area contributed by atoms with Crippen molar-refractivity contribution in [3.63, 3.8) is 0 Å². The summed E-state index contributed by atoms with van der Waals surface area (Å²) in [5.41, 5.74) is 10.5. The van der Waals surface area contributed by atoms with E-state index < -0.39 is 0 Å². The lowest BCUT2D eigenvalue weighted by Crippen LogP contribution is -2.37. The zero-order valence-electron chi connectivity index (χ0n) is 14.4. The van der Waals surface area contributed by atoms with E-state index in [0.29, 0.717) is 17.3 Å². The highest BCUT2D eigenvalue weighted by atomic mass is 16.1. The number of piperidine rings is 1. The molecule has 2 aromatic rings. The van der Waals surface area contributed by atoms with Crippen LogP contribution in [0.15, 0.2) is 42.5 Å². The Morgan fingerprint density at radius 2 is 1.92 bits per heavy atom. The Bertz CT molecular complexity index is 724. The van der Waals surface area contributed by atoms with Crippen molar-refractivity contribution >= 4 is 23.0 Å². The van der Waals surface area contributed by atoms with E-state index in [9.17, 15) is 4.79 Å². The van der Waals surface area contributed by atoms with Gasteiger partial charge in [-0.05, 0) is 63.4 Å². The molecule has 0 aliphatic carbocycles. The van der Waals surface area contributed by atoms with Crippen molar-refractivity contribution in [2.24, 2.45) is 0 Å². The molecule has 1 aliphatic heterocycles. The van der Waals surface area contributed by atoms with Gasteiger partial charge in [-0.25, -0.2) is 0 Å². The van der Waals surface area contributed by atoms with Crippen LogP contribution in [-0.2, 0) is 0 Å². The van der Waals surface area contributed by atoms with Gasteiger partial charge in [0.1, 0.15) is 0 Å². The molecule has 0 bridgehead atoms. The molecule has 4 nitrogen and oxygen atoms in total. The maximum Gasteiger partial charge on any atom is 0.255 e. The predicted molar refractivity (Wildman–Crippen MR) is 101 cm³/mol. The van der Waals surface area contributed by atoms with Crippen LogP contribution in [0, 0.1) is 6.92 Å². The van der Waals surface area contributed by atoms with Crippen LogP contribution in [0.4, 0.5) is 17.1 Å². The summed E-state index contributed by atoms with van der Waals surface area (Å²) in [7, 11) is 0. The molecule has 1 amide bonds. The predicted octanol–water partition coefficient (Wildman–Crippen LogP) is 4.21. The maximum absolute atomic E-state index is 12.3. The largest absolute Gasteiger partial charge is 0.397 e. The fourth-order valence-corrected chi connectivity index (χ4v) is 3.26. The molecule has 1 aliphatic rings. The minimum absolute atomic E-state index is 0.117. The Balaban J connectivity index is 1.74. The van der Waals surface area contributed by atoms with Gasteiger partial charge in [-0.15, -0.1) is 0 Å². The number of hydrogen-bond donors (Lipinski definition) is 2. The molecule has 1 unspecified atom stereocenters. The number of rotatable bonds is 3. The molecule has 1 fully saturated rings. The van der Waals surface area contributed by atoms with Crippen LogP contribution in [0.3, 0.4) is 0 Å². The van der Waals surface area contributed by atoms with Crippen molar-refractivity contribution in [1.82, 2.24) is 0 Å². The topological polar surface area (TPSA) is 58.4 Å². The highest BCUT2D eigenvalue weighted by Crippen LogP contribution is 2.31. The molecule has 0 saturated carbocycles. The molecule has 0 spiro atoms. The molecule has 2 aromatic carbocycles. The third-order valence-electron chi connectivity index (χ3n) is 4.71. The van der Waals surface area contributed by atoms with Gasteiger partial charge in [0, 0.05) is 23.8 Å². The Labute approximate surface area is 143 Å². The van der Waals surface area contributed by atoms with Crippen LogP contribution in [-0.4, -0.2) is 18.5 Å². The van der Waals surface area contributed by atoms with Crippen LogP contribution >= 0.6 is 0 Å². The monoisotopic (exact) mass is 323 g/mol. The summed E-state index contributed by atoms with van der Waals surface area (Å²) in [6.07, 6.45) is 3.68. The van der Waals surface area contributed by atoms with Crippen molar-refractivity contribution < 1.29 is 4.79 Å². The first kappa shape index (κ1) is 16.4. The number of carbonyl (C=O) groups is 1. The molecule has 126 valence electrons. The van der Waals surface area contributed by atoms with Gasteiger partial charge in [0.15, 0.2) is 0 Å². The molecular formula is C20H25N3O. The summed E-state index contributed by atoms with van der Waals surface area (Å²) in [4.78, 5) is 14.7. The molecule has 1 saturated heterocycles. The molecule has 1 heterocycles. The van der Waals surface area contributed by atoms with E-state index in [4.69, 9.17) is 5.73 Å². The standard InChI is InChI=1S/C20H25N3O/c1-14-6-8-16(9-7-14)20(24)22-17-10-11-19(18(21)13-17)23-12-4-3-5-15(23)2/h6-11,13,15H,3-5,12,21H2,1-2H3,(H,22,24). The Morgan fingerprint density at radius 1 is 1.17 bits per heavy atom. The zero-order valence-corrected chi connectivity index (χ0v) is 14.4. The SMILES string of the molecule is Cc1ccc(C(=O)Nc2ccc(N3CCCCC3C)c(N)c2)cc1. The van der Waals surface area contributed by atoms with Crippen molar-refractivity contribution in [2.75, 3.05) is 22.5 Å². The first-order valence-corrected chi connectivity index (χ1v) is 8.59. The van der Waals surface area contributed by atoms with Crippen LogP contribution < -0.4 is 16.0 Å². The van der Waals surface area contributed by atoms with Crippen molar-refractivity contribution in [2.45, 2.75) is 39.2 Å². The first-order valence-electron chi connectivity index (χ1n) is 8.59. The minimum Gasteiger partial charge on any atom is -0.397 e. The average Bonchev–Trinajstić information content (AvgIpc) is 2.56. The smallest absolute Gasteiger partial charge is 0.255 e. The van der Waals surface area contributed by atoms with Crippen LogP contribution in [0.5, 0.6) is 0 Å². The number of nitrogens with two attached hydrogens (primary N) is 1. The zero-order chi connectivity index (χ0) is 17.1. The normalized spacial score (nSPS) is 17.6. The van der Waals surface area contributed by atoms with E-state index in [1.54, 1.807) is 0 Å². The second-order valence-electron chi connectivity index (χ2n) is 6.63. The fourth-order valence-electron chi connectivity index (χ4n) is 3.26. The molecule has 24 heavy (non-hydrogen) atoms. The van der Waals surface area contributed by atoms with Crippen molar-refractivity contribution in [1.29, 1.82) is 0 Å². The van der Waals surface area contributed by atoms with Gasteiger partial charge in [-0.2, -0.15) is 0 Å². The molecule has 1 atom stereocenters. The number of carbonyl (C=O) groups excluding carboxylic acids is 1. The van der Waals surface area contributed by atoms with Crippen LogP contribution in [0.2, 0.25) is 0 Å². The summed E-state index contributed by atoms with van der Waals surface area (Å²) in [6, 6.07) is 13.8. The summed E-state index contributed by atoms with van der Waals surface area (Å²) in [5.74, 6) is -0.117. The number of amides is 1. The summed E-state index contributed by atoms with van der Waals surface area (Å²) < 4.78 is 0. The second kappa shape index (κ2) is 6.95. The lowest BCUT2D eigenvalue weighted by molar-refractivity contribution is 0.102. The summed E-state index contributed by atoms with van der Waals surface area (Å²) >= 11 is 0. The average molecular weight is 323 g/mol. The number of anilines is 3. The van der Waals surface area contributed by atoms with E-state index >= 15 is 0 Å². The molecule has 3 N–H and O–H groups in total. The van der Waals surface area contributed by atoms with E-state index in [2.05, 4.69) is 17.1 Å². The molecule has 0 aromatic heterocycles. The molecule has 0 radical (unpaired) electrons. The van der Waals surface area contributed by atoms with Gasteiger partial charge >= 0.3 is 0 Å². The van der Waals surface area contributed by atoms with Crippen molar-refractivity contribution in [3.8, 4) is 0 Å². The van der Waals surface area contributed by atoms with Gasteiger partial charge in [-0.1, -0.05) is 17.7 Å². The van der Waals surface area contributed by atoms with Crippen molar-refractivity contribution in [3.05, 3.63) is 53.6 Å². The van der Waals surface area contributed by atoms with Gasteiger partial charge in [-0.3, -0.25) is 4.79 Å². The van der Waals surface area contributed by atoms with Gasteiger partial charge in [0.2, 0.25) is 0 Å². The van der Waals surface area contributed by atoms with E-state index in [1.807, 2.05) is 49.4 Å². The first-order chi connectivity index (χ1) is 11.5. The van der Waals surface area contributed by atoms with Crippen LogP contribution in [0.1, 0.15) is 42.1 Å². The lowest BCUT2D eigenvalue weighted by atomic mass is 10.0. The van der Waals surface area contributed by atoms with E-state index in [-0.39, 0.29) is 5.91 Å². The van der Waals surface area contributed by atoms with Gasteiger partial charge in [0.25, 0.3) is 5.91 Å². The number of aryl methyl sites for hydroxylation is 1. The highest BCUT2D eigenvalue weighted by Gasteiger charge is 2.20. The Kier molecular flexibility index (Phi) is 4.74. The number of nitrogens with zero attached hydrogens (tertiary/aromatic N) is 1. The molecular weight excluding hydrogens is 298 g/mol. The van der Waals surface area contributed by atoms with Crippen LogP contribution in [0.25, 0.3) is 0 Å². The third-order valence-corrected chi connectivity index (χ3v) is 4.71. The summed E-state index contributed by atoms with van der Waals surface area (Å²) in [6.45, 7) is 5.29. The fraction of sp³-hybridized carbons (Fsp3) is 0.350. The second-order valence-corrected chi connectivity index (χ2v) is 6.63. The molecule has 3 rings (SSSR count). The quantitative estimate of drug-likeness (QED) is 0.832. The summed E-state index contributed by atoms with van der Waals surface area (Å²) in [5, 5.41) is 2.92. The number of benzene rings is 2. The number of nitrogens with one attached hydrogen (secondary N) is 1. The maximum atomic E-state index is 12.3. The van der Waals surface area contributed by atoms with E-state index in [0.717, 1.165) is 23.5 Å². The third kappa shape index (κ3) is 3.53. The minimum atomic E-state index is -0.117. The number of nitrogen functional groups attached to an aromatic ring is 1. The molecule has 4 heteroatoms. The highest BCUT2D eigenvalue weighted by molar-refractivity contribution is 6.04.